The van der Waals surface area contributed by atoms with E-state index in [0.29, 0.717) is 0 Å². The molecule has 4 rings (SSSR count). The van der Waals surface area contributed by atoms with Gasteiger partial charge in [-0.05, 0) is 35.2 Å². The van der Waals surface area contributed by atoms with Gasteiger partial charge in [-0.1, -0.05) is 32.9 Å². The number of benzene rings is 1. The predicted molar refractivity (Wildman–Crippen MR) is 132 cm³/mol. The van der Waals surface area contributed by atoms with E-state index in [4.69, 9.17) is 0 Å². The van der Waals surface area contributed by atoms with Crippen molar-refractivity contribution in [2.75, 3.05) is 26.2 Å². The number of hydrogen-bond donors (Lipinski definition) is 0. The molecular formula is C24H29N5O5S. The van der Waals surface area contributed by atoms with Crippen LogP contribution in [-0.4, -0.2) is 63.8 Å². The van der Waals surface area contributed by atoms with Gasteiger partial charge in [0, 0.05) is 40.3 Å². The maximum atomic E-state index is 13.1. The summed E-state index contributed by atoms with van der Waals surface area (Å²) in [5.41, 5.74) is 0.173. The van der Waals surface area contributed by atoms with Crippen LogP contribution < -0.4 is 11.2 Å². The number of rotatable bonds is 3. The van der Waals surface area contributed by atoms with Crippen molar-refractivity contribution in [1.82, 2.24) is 23.3 Å². The zero-order valence-electron chi connectivity index (χ0n) is 20.5. The third-order valence-electron chi connectivity index (χ3n) is 6.40. The molecule has 35 heavy (non-hydrogen) atoms. The number of sulfonamides is 1. The summed E-state index contributed by atoms with van der Waals surface area (Å²) in [4.78, 5) is 43.7. The first kappa shape index (κ1) is 24.8. The van der Waals surface area contributed by atoms with Gasteiger partial charge in [-0.2, -0.15) is 4.31 Å². The summed E-state index contributed by atoms with van der Waals surface area (Å²) in [7, 11) is -0.808. The van der Waals surface area contributed by atoms with Crippen LogP contribution in [0.1, 0.15) is 36.8 Å². The molecule has 0 aliphatic carbocycles. The van der Waals surface area contributed by atoms with Gasteiger partial charge in [-0.3, -0.25) is 18.7 Å². The van der Waals surface area contributed by atoms with Gasteiger partial charge in [0.25, 0.3) is 11.5 Å². The van der Waals surface area contributed by atoms with Crippen molar-refractivity contribution in [1.29, 1.82) is 0 Å². The SMILES string of the molecule is Cn1c(=O)c2ccc(C(=O)N3CCN(S(=O)(=O)c4ccc(C(C)(C)C)cc4)CC3)nc2n(C)c1=O. The molecule has 1 aliphatic rings. The number of pyridine rings is 1. The number of aryl methyl sites for hydroxylation is 1. The van der Waals surface area contributed by atoms with Crippen LogP contribution in [0.25, 0.3) is 11.0 Å². The second-order valence-electron chi connectivity index (χ2n) is 9.74. The zero-order valence-corrected chi connectivity index (χ0v) is 21.3. The molecule has 186 valence electrons. The van der Waals surface area contributed by atoms with E-state index in [1.54, 1.807) is 12.1 Å². The van der Waals surface area contributed by atoms with Crippen molar-refractivity contribution in [2.24, 2.45) is 14.1 Å². The molecule has 3 aromatic rings. The van der Waals surface area contributed by atoms with Crippen molar-refractivity contribution in [2.45, 2.75) is 31.1 Å². The van der Waals surface area contributed by atoms with Gasteiger partial charge in [-0.25, -0.2) is 18.2 Å². The zero-order chi connectivity index (χ0) is 25.7. The normalized spacial score (nSPS) is 15.5. The summed E-state index contributed by atoms with van der Waals surface area (Å²) in [5.74, 6) is -0.383. The highest BCUT2D eigenvalue weighted by Crippen LogP contribution is 2.25. The second-order valence-corrected chi connectivity index (χ2v) is 11.7. The van der Waals surface area contributed by atoms with Gasteiger partial charge in [0.2, 0.25) is 10.0 Å². The summed E-state index contributed by atoms with van der Waals surface area (Å²) in [6.45, 7) is 6.91. The fourth-order valence-corrected chi connectivity index (χ4v) is 5.56. The van der Waals surface area contributed by atoms with Crippen LogP contribution in [-0.2, 0) is 29.5 Å². The first-order chi connectivity index (χ1) is 16.3. The largest absolute Gasteiger partial charge is 0.335 e. The fourth-order valence-electron chi connectivity index (χ4n) is 4.14. The van der Waals surface area contributed by atoms with Crippen LogP contribution in [0.2, 0.25) is 0 Å². The van der Waals surface area contributed by atoms with Crippen LogP contribution in [0.4, 0.5) is 0 Å². The van der Waals surface area contributed by atoms with Crippen LogP contribution in [0, 0.1) is 0 Å². The predicted octanol–water partition coefficient (Wildman–Crippen LogP) is 1.08. The summed E-state index contributed by atoms with van der Waals surface area (Å²) in [6.07, 6.45) is 0. The van der Waals surface area contributed by atoms with Crippen molar-refractivity contribution in [3.05, 3.63) is 68.5 Å². The minimum atomic E-state index is -3.68. The molecule has 1 amide bonds. The molecule has 0 atom stereocenters. The lowest BCUT2D eigenvalue weighted by Crippen LogP contribution is -2.50. The van der Waals surface area contributed by atoms with E-state index in [0.717, 1.165) is 10.1 Å². The molecule has 1 aliphatic heterocycles. The van der Waals surface area contributed by atoms with E-state index in [1.165, 1.54) is 40.0 Å². The van der Waals surface area contributed by atoms with E-state index in [9.17, 15) is 22.8 Å². The third kappa shape index (κ3) is 4.41. The standard InChI is InChI=1S/C24H29N5O5S/c1-24(2,3)16-6-8-17(9-7-16)35(33,34)29-14-12-28(13-15-29)22(31)19-11-10-18-20(25-19)26(4)23(32)27(5)21(18)30/h6-11H,12-15H2,1-5H3. The number of piperazine rings is 1. The number of hydrogen-bond acceptors (Lipinski definition) is 6. The Morgan fingerprint density at radius 2 is 1.49 bits per heavy atom. The van der Waals surface area contributed by atoms with E-state index in [-0.39, 0.29) is 59.1 Å². The number of aromatic nitrogens is 3. The van der Waals surface area contributed by atoms with Crippen molar-refractivity contribution >= 4 is 27.0 Å². The Morgan fingerprint density at radius 3 is 2.06 bits per heavy atom. The molecule has 1 aromatic carbocycles. The van der Waals surface area contributed by atoms with E-state index in [2.05, 4.69) is 25.8 Å². The summed E-state index contributed by atoms with van der Waals surface area (Å²) in [6, 6.07) is 9.86. The lowest BCUT2D eigenvalue weighted by atomic mass is 9.87. The van der Waals surface area contributed by atoms with Crippen LogP contribution in [0.3, 0.4) is 0 Å². The Morgan fingerprint density at radius 1 is 0.886 bits per heavy atom. The van der Waals surface area contributed by atoms with E-state index < -0.39 is 21.3 Å². The lowest BCUT2D eigenvalue weighted by molar-refractivity contribution is 0.0692. The Bertz CT molecular complexity index is 1520. The van der Waals surface area contributed by atoms with Crippen molar-refractivity contribution in [3.63, 3.8) is 0 Å². The maximum absolute atomic E-state index is 13.1. The molecule has 1 saturated heterocycles. The summed E-state index contributed by atoms with van der Waals surface area (Å²) >= 11 is 0. The molecule has 0 spiro atoms. The van der Waals surface area contributed by atoms with Crippen LogP contribution in [0.5, 0.6) is 0 Å². The Labute approximate surface area is 203 Å². The quantitative estimate of drug-likeness (QED) is 0.533. The minimum Gasteiger partial charge on any atom is -0.335 e. The number of fused-ring (bicyclic) bond motifs is 1. The molecule has 2 aromatic heterocycles. The molecule has 3 heterocycles. The first-order valence-corrected chi connectivity index (χ1v) is 12.7. The molecule has 0 radical (unpaired) electrons. The maximum Gasteiger partial charge on any atom is 0.332 e. The number of carbonyl (C=O) groups excluding carboxylic acids is 1. The van der Waals surface area contributed by atoms with Gasteiger partial charge in [0.05, 0.1) is 10.3 Å². The Hall–Kier alpha value is -3.31. The molecule has 0 N–H and O–H groups in total. The van der Waals surface area contributed by atoms with Crippen molar-refractivity contribution < 1.29 is 13.2 Å². The highest BCUT2D eigenvalue weighted by Gasteiger charge is 2.31. The smallest absolute Gasteiger partial charge is 0.332 e. The van der Waals surface area contributed by atoms with Gasteiger partial charge < -0.3 is 4.90 Å². The van der Waals surface area contributed by atoms with Gasteiger partial charge in [0.1, 0.15) is 11.3 Å². The summed E-state index contributed by atoms with van der Waals surface area (Å²) < 4.78 is 29.8. The number of carbonyl (C=O) groups is 1. The first-order valence-electron chi connectivity index (χ1n) is 11.3. The molecule has 0 saturated carbocycles. The van der Waals surface area contributed by atoms with Gasteiger partial charge in [0.15, 0.2) is 0 Å². The number of nitrogens with zero attached hydrogens (tertiary/aromatic N) is 5. The third-order valence-corrected chi connectivity index (χ3v) is 8.32. The minimum absolute atomic E-state index is 0.0791. The average molecular weight is 500 g/mol. The van der Waals surface area contributed by atoms with E-state index >= 15 is 0 Å². The molecule has 0 unspecified atom stereocenters. The summed E-state index contributed by atoms with van der Waals surface area (Å²) in [5, 5.41) is 0.236. The average Bonchev–Trinajstić information content (AvgIpc) is 2.85. The van der Waals surface area contributed by atoms with Crippen LogP contribution >= 0.6 is 0 Å². The topological polar surface area (TPSA) is 115 Å². The monoisotopic (exact) mass is 499 g/mol. The molecule has 10 nitrogen and oxygen atoms in total. The highest BCUT2D eigenvalue weighted by atomic mass is 32.2. The van der Waals surface area contributed by atoms with Crippen molar-refractivity contribution in [3.8, 4) is 0 Å². The van der Waals surface area contributed by atoms with Gasteiger partial charge in [-0.15, -0.1) is 0 Å². The molecule has 11 heteroatoms. The van der Waals surface area contributed by atoms with Gasteiger partial charge >= 0.3 is 5.69 Å². The van der Waals surface area contributed by atoms with Crippen LogP contribution in [0.15, 0.2) is 50.9 Å². The molecular weight excluding hydrogens is 470 g/mol. The Kier molecular flexibility index (Phi) is 6.18. The van der Waals surface area contributed by atoms with E-state index in [1.807, 2.05) is 12.1 Å². The fraction of sp³-hybridized carbons (Fsp3) is 0.417. The lowest BCUT2D eigenvalue weighted by Gasteiger charge is -2.34. The number of amides is 1. The second kappa shape index (κ2) is 8.72. The Balaban J connectivity index is 1.51. The molecule has 1 fully saturated rings. The molecule has 0 bridgehead atoms. The highest BCUT2D eigenvalue weighted by molar-refractivity contribution is 7.89.